The van der Waals surface area contributed by atoms with Crippen molar-refractivity contribution in [1.29, 1.82) is 5.26 Å². The molecular weight excluding hydrogens is 414 g/mol. The Morgan fingerprint density at radius 1 is 1.03 bits per heavy atom. The van der Waals surface area contributed by atoms with Crippen LogP contribution in [0.2, 0.25) is 0 Å². The normalized spacial score (nSPS) is 12.4. The van der Waals surface area contributed by atoms with Gasteiger partial charge in [-0.3, -0.25) is 4.79 Å². The molecule has 0 spiro atoms. The number of nitriles is 1. The Labute approximate surface area is 184 Å². The standard InChI is InChI=1S/C23H29N3O4S/c1-16(2)22(30-21-8-6-5-7-20(21)13-24)23(27)25-14-18-9-11-19(12-10-18)15-31(28,29)26-17(3)4/h5-12,16-17,22,26H,14-15H2,1-4H3,(H,25,27). The van der Waals surface area contributed by atoms with Crippen LogP contribution < -0.4 is 14.8 Å². The Kier molecular flexibility index (Phi) is 8.60. The number of nitrogens with one attached hydrogen (secondary N) is 2. The van der Waals surface area contributed by atoms with Crippen molar-refractivity contribution in [2.45, 2.75) is 52.1 Å². The average Bonchev–Trinajstić information content (AvgIpc) is 2.70. The lowest BCUT2D eigenvalue weighted by Crippen LogP contribution is -2.41. The molecule has 0 saturated carbocycles. The van der Waals surface area contributed by atoms with Gasteiger partial charge in [0, 0.05) is 12.6 Å². The van der Waals surface area contributed by atoms with Crippen molar-refractivity contribution in [1.82, 2.24) is 10.0 Å². The van der Waals surface area contributed by atoms with E-state index in [0.717, 1.165) is 5.56 Å². The molecule has 0 radical (unpaired) electrons. The molecule has 0 aliphatic rings. The van der Waals surface area contributed by atoms with E-state index in [9.17, 15) is 18.5 Å². The highest BCUT2D eigenvalue weighted by molar-refractivity contribution is 7.88. The molecule has 0 aromatic heterocycles. The van der Waals surface area contributed by atoms with E-state index >= 15 is 0 Å². The summed E-state index contributed by atoms with van der Waals surface area (Å²) in [6, 6.07) is 15.8. The summed E-state index contributed by atoms with van der Waals surface area (Å²) in [5.41, 5.74) is 1.88. The third-order valence-electron chi connectivity index (χ3n) is 4.39. The zero-order chi connectivity index (χ0) is 23.0. The number of benzene rings is 2. The Balaban J connectivity index is 1.99. The number of para-hydroxylation sites is 1. The molecule has 0 bridgehead atoms. The highest BCUT2D eigenvalue weighted by atomic mass is 32.2. The van der Waals surface area contributed by atoms with Crippen LogP contribution in [-0.4, -0.2) is 26.5 Å². The number of carbonyl (C=O) groups is 1. The predicted molar refractivity (Wildman–Crippen MR) is 120 cm³/mol. The van der Waals surface area contributed by atoms with E-state index in [-0.39, 0.29) is 30.2 Å². The lowest BCUT2D eigenvalue weighted by atomic mass is 10.1. The largest absolute Gasteiger partial charge is 0.479 e. The number of sulfonamides is 1. The van der Waals surface area contributed by atoms with Crippen molar-refractivity contribution < 1.29 is 17.9 Å². The molecule has 0 saturated heterocycles. The van der Waals surface area contributed by atoms with Crippen molar-refractivity contribution in [2.24, 2.45) is 5.92 Å². The van der Waals surface area contributed by atoms with Gasteiger partial charge >= 0.3 is 0 Å². The molecule has 0 fully saturated rings. The first-order valence-corrected chi connectivity index (χ1v) is 11.8. The Morgan fingerprint density at radius 2 is 1.65 bits per heavy atom. The summed E-state index contributed by atoms with van der Waals surface area (Å²) < 4.78 is 32.5. The molecule has 8 heteroatoms. The van der Waals surface area contributed by atoms with Crippen molar-refractivity contribution in [3.63, 3.8) is 0 Å². The molecule has 31 heavy (non-hydrogen) atoms. The van der Waals surface area contributed by atoms with Gasteiger partial charge in [-0.25, -0.2) is 13.1 Å². The first-order valence-electron chi connectivity index (χ1n) is 10.1. The van der Waals surface area contributed by atoms with Crippen molar-refractivity contribution in [3.05, 3.63) is 65.2 Å². The van der Waals surface area contributed by atoms with Crippen LogP contribution in [0.3, 0.4) is 0 Å². The van der Waals surface area contributed by atoms with Gasteiger partial charge in [-0.15, -0.1) is 0 Å². The van der Waals surface area contributed by atoms with E-state index in [0.29, 0.717) is 16.9 Å². The van der Waals surface area contributed by atoms with E-state index in [1.807, 2.05) is 13.8 Å². The van der Waals surface area contributed by atoms with Crippen LogP contribution in [0.4, 0.5) is 0 Å². The fourth-order valence-electron chi connectivity index (χ4n) is 2.95. The number of hydrogen-bond acceptors (Lipinski definition) is 5. The molecule has 2 aromatic rings. The lowest BCUT2D eigenvalue weighted by Gasteiger charge is -2.22. The third-order valence-corrected chi connectivity index (χ3v) is 5.93. The quantitative estimate of drug-likeness (QED) is 0.587. The molecule has 7 nitrogen and oxygen atoms in total. The van der Waals surface area contributed by atoms with E-state index in [1.54, 1.807) is 62.4 Å². The molecule has 2 rings (SSSR count). The number of nitrogens with zero attached hydrogens (tertiary/aromatic N) is 1. The van der Waals surface area contributed by atoms with Gasteiger partial charge in [0.15, 0.2) is 6.10 Å². The van der Waals surface area contributed by atoms with Gasteiger partial charge in [0.25, 0.3) is 5.91 Å². The van der Waals surface area contributed by atoms with Crippen molar-refractivity contribution >= 4 is 15.9 Å². The zero-order valence-corrected chi connectivity index (χ0v) is 19.1. The summed E-state index contributed by atoms with van der Waals surface area (Å²) in [7, 11) is -3.39. The van der Waals surface area contributed by atoms with Crippen LogP contribution in [0.15, 0.2) is 48.5 Å². The van der Waals surface area contributed by atoms with E-state index in [1.165, 1.54) is 0 Å². The van der Waals surface area contributed by atoms with Gasteiger partial charge in [0.2, 0.25) is 10.0 Å². The molecular formula is C23H29N3O4S. The Morgan fingerprint density at radius 3 is 2.23 bits per heavy atom. The molecule has 2 aromatic carbocycles. The van der Waals surface area contributed by atoms with Crippen molar-refractivity contribution in [2.75, 3.05) is 0 Å². The monoisotopic (exact) mass is 443 g/mol. The topological polar surface area (TPSA) is 108 Å². The summed E-state index contributed by atoms with van der Waals surface area (Å²) in [6.07, 6.45) is -0.749. The zero-order valence-electron chi connectivity index (χ0n) is 18.3. The summed E-state index contributed by atoms with van der Waals surface area (Å²) in [4.78, 5) is 12.7. The number of rotatable bonds is 10. The minimum absolute atomic E-state index is 0.0978. The van der Waals surface area contributed by atoms with Gasteiger partial charge in [0.05, 0.1) is 11.3 Å². The fraction of sp³-hybridized carbons (Fsp3) is 0.391. The molecule has 1 atom stereocenters. The number of carbonyl (C=O) groups excluding carboxylic acids is 1. The summed E-state index contributed by atoms with van der Waals surface area (Å²) in [5, 5.41) is 12.1. The summed E-state index contributed by atoms with van der Waals surface area (Å²) in [6.45, 7) is 7.58. The van der Waals surface area contributed by atoms with Gasteiger partial charge < -0.3 is 10.1 Å². The summed E-state index contributed by atoms with van der Waals surface area (Å²) in [5.74, 6) is -0.109. The molecule has 0 heterocycles. The predicted octanol–water partition coefficient (Wildman–Crippen LogP) is 3.11. The second-order valence-electron chi connectivity index (χ2n) is 7.96. The minimum Gasteiger partial charge on any atom is -0.479 e. The number of hydrogen-bond donors (Lipinski definition) is 2. The van der Waals surface area contributed by atoms with Gasteiger partial charge in [-0.2, -0.15) is 5.26 Å². The van der Waals surface area contributed by atoms with Gasteiger partial charge in [0.1, 0.15) is 11.8 Å². The first-order chi connectivity index (χ1) is 14.6. The lowest BCUT2D eigenvalue weighted by molar-refractivity contribution is -0.130. The second kappa shape index (κ2) is 10.9. The fourth-order valence-corrected chi connectivity index (χ4v) is 4.39. The Hall–Kier alpha value is -2.89. The number of amides is 1. The van der Waals surface area contributed by atoms with Crippen LogP contribution in [-0.2, 0) is 27.1 Å². The van der Waals surface area contributed by atoms with Crippen LogP contribution in [0, 0.1) is 17.2 Å². The maximum absolute atomic E-state index is 12.7. The second-order valence-corrected chi connectivity index (χ2v) is 9.71. The maximum atomic E-state index is 12.7. The summed E-state index contributed by atoms with van der Waals surface area (Å²) >= 11 is 0. The molecule has 0 aliphatic carbocycles. The Bertz CT molecular complexity index is 1030. The van der Waals surface area contributed by atoms with Crippen LogP contribution >= 0.6 is 0 Å². The van der Waals surface area contributed by atoms with E-state index in [2.05, 4.69) is 16.1 Å². The van der Waals surface area contributed by atoms with Crippen LogP contribution in [0.5, 0.6) is 5.75 Å². The SMILES string of the molecule is CC(C)NS(=O)(=O)Cc1ccc(CNC(=O)C(Oc2ccccc2C#N)C(C)C)cc1. The van der Waals surface area contributed by atoms with Crippen molar-refractivity contribution in [3.8, 4) is 11.8 Å². The van der Waals surface area contributed by atoms with Gasteiger partial charge in [-0.05, 0) is 43.0 Å². The molecule has 1 amide bonds. The smallest absolute Gasteiger partial charge is 0.261 e. The van der Waals surface area contributed by atoms with Crippen LogP contribution in [0.25, 0.3) is 0 Å². The van der Waals surface area contributed by atoms with E-state index in [4.69, 9.17) is 4.74 Å². The molecule has 166 valence electrons. The minimum atomic E-state index is -3.39. The molecule has 2 N–H and O–H groups in total. The van der Waals surface area contributed by atoms with Crippen LogP contribution in [0.1, 0.15) is 44.4 Å². The first kappa shape index (κ1) is 24.4. The molecule has 0 aliphatic heterocycles. The van der Waals surface area contributed by atoms with E-state index < -0.39 is 16.1 Å². The average molecular weight is 444 g/mol. The number of ether oxygens (including phenoxy) is 1. The third kappa shape index (κ3) is 7.70. The maximum Gasteiger partial charge on any atom is 0.261 e. The highest BCUT2D eigenvalue weighted by Crippen LogP contribution is 2.21. The highest BCUT2D eigenvalue weighted by Gasteiger charge is 2.25. The molecule has 1 unspecified atom stereocenters. The van der Waals surface area contributed by atoms with Gasteiger partial charge in [-0.1, -0.05) is 50.2 Å².